The van der Waals surface area contributed by atoms with Crippen molar-refractivity contribution in [2.24, 2.45) is 0 Å². The largest absolute Gasteiger partial charge is 2.00 e. The van der Waals surface area contributed by atoms with Crippen molar-refractivity contribution in [2.75, 3.05) is 0 Å². The van der Waals surface area contributed by atoms with Crippen molar-refractivity contribution >= 4 is 50.6 Å². The van der Waals surface area contributed by atoms with Crippen LogP contribution >= 0.6 is 0 Å². The van der Waals surface area contributed by atoms with E-state index in [0.29, 0.717) is 33.7 Å². The van der Waals surface area contributed by atoms with Crippen molar-refractivity contribution in [1.82, 2.24) is 18.7 Å². The van der Waals surface area contributed by atoms with Crippen LogP contribution < -0.4 is 13.9 Å². The zero-order chi connectivity index (χ0) is 45.5. The minimum absolute atomic E-state index is 0. The predicted octanol–water partition coefficient (Wildman–Crippen LogP) is 15.4. The van der Waals surface area contributed by atoms with Gasteiger partial charge in [-0.3, -0.25) is 0 Å². The molecule has 0 spiro atoms. The summed E-state index contributed by atoms with van der Waals surface area (Å²) >= 11 is 0. The first-order valence-electron chi connectivity index (χ1n) is 22.2. The number of aromatic nitrogens is 2. The third-order valence-electron chi connectivity index (χ3n) is 12.3. The molecule has 330 valence electrons. The maximum Gasteiger partial charge on any atom is 2.00 e. The van der Waals surface area contributed by atoms with Gasteiger partial charge in [-0.05, 0) is 89.8 Å². The van der Waals surface area contributed by atoms with E-state index < -0.39 is 0 Å². The van der Waals surface area contributed by atoms with Gasteiger partial charge >= 0.3 is 32.8 Å². The number of pyridine rings is 1. The topological polar surface area (TPSA) is 33.1 Å². The molecule has 0 unspecified atom stereocenters. The Kier molecular flexibility index (Phi) is 11.6. The molecule has 0 atom stereocenters. The molecule has 7 heteroatoms. The minimum Gasteiger partial charge on any atom is -0.509 e. The van der Waals surface area contributed by atoms with E-state index in [9.17, 15) is 0 Å². The van der Waals surface area contributed by atoms with Gasteiger partial charge < -0.3 is 9.30 Å². The molecule has 0 saturated carbocycles. The fraction of sp³-hybridized carbons (Fsp3) is 0.276. The summed E-state index contributed by atoms with van der Waals surface area (Å²) in [6.07, 6.45) is 1.82. The fourth-order valence-corrected chi connectivity index (χ4v) is 8.49. The van der Waals surface area contributed by atoms with Gasteiger partial charge in [0.05, 0.1) is 5.56 Å². The molecule has 6 aromatic carbocycles. The fourth-order valence-electron chi connectivity index (χ4n) is 8.49. The number of rotatable bonds is 6. The standard InChI is InChI=1S/C58H57FN4O.Pt/c1-55(2,3)38-18-13-17-37(29-38)46-21-15-24-50-54(46)62(43-31-40(57(7,8)9)30-41(32-43)58(10,11)12)36-61(50)42-19-14-20-44(34-42)64-45-25-26-47-51(35-45)63(49-23-16-22-48(59)53(47)49)52-33-39(27-28-60-52)56(4,5)6;/h13-33H,1-12H3;/q;+2. The van der Waals surface area contributed by atoms with Crippen molar-refractivity contribution in [2.45, 2.75) is 105 Å². The van der Waals surface area contributed by atoms with Gasteiger partial charge in [0.2, 0.25) is 5.69 Å². The first-order valence-corrected chi connectivity index (χ1v) is 22.2. The molecule has 0 bridgehead atoms. The van der Waals surface area contributed by atoms with E-state index >= 15 is 4.39 Å². The van der Waals surface area contributed by atoms with E-state index in [4.69, 9.17) is 9.72 Å². The van der Waals surface area contributed by atoms with Gasteiger partial charge in [-0.15, -0.1) is 18.2 Å². The normalized spacial score (nSPS) is 13.1. The van der Waals surface area contributed by atoms with Crippen LogP contribution in [-0.2, 0) is 42.7 Å². The van der Waals surface area contributed by atoms with Gasteiger partial charge in [-0.2, -0.15) is 12.1 Å². The maximum atomic E-state index is 15.6. The van der Waals surface area contributed by atoms with Gasteiger partial charge in [0.25, 0.3) is 5.69 Å². The van der Waals surface area contributed by atoms with Gasteiger partial charge in [0.1, 0.15) is 17.3 Å². The SMILES string of the molecule is CC(C)(C)c1cccc(-c2cccc3c2[N+](c2cc(C(C)(C)C)cc(C(C)(C)C)c2)=C=[N+]3c2[c-]c(Oc3[c-]c4c(cc3)c3c(F)cccc3n4-c3cc(C(C)(C)C)ccn3)ccc2)c1.[Pt+2]. The third kappa shape index (κ3) is 8.67. The number of ether oxygens (including phenoxy) is 1. The van der Waals surface area contributed by atoms with Crippen LogP contribution in [0.3, 0.4) is 0 Å². The number of nitrogens with zero attached hydrogens (tertiary/aromatic N) is 4. The van der Waals surface area contributed by atoms with Crippen LogP contribution in [0.4, 0.5) is 27.1 Å². The average molecular weight is 1040 g/mol. The zero-order valence-electron chi connectivity index (χ0n) is 39.5. The summed E-state index contributed by atoms with van der Waals surface area (Å²) in [6.45, 7) is 26.9. The Balaban J connectivity index is 0.00000576. The molecule has 0 fully saturated rings. The molecule has 0 amide bonds. The number of para-hydroxylation sites is 1. The quantitative estimate of drug-likeness (QED) is 0.123. The van der Waals surface area contributed by atoms with Gasteiger partial charge in [0.15, 0.2) is 0 Å². The zero-order valence-corrected chi connectivity index (χ0v) is 41.8. The average Bonchev–Trinajstić information content (AvgIpc) is 3.79. The monoisotopic (exact) mass is 1040 g/mol. The Morgan fingerprint density at radius 2 is 1.23 bits per heavy atom. The number of hydrogen-bond donors (Lipinski definition) is 0. The van der Waals surface area contributed by atoms with Crippen LogP contribution in [0.25, 0.3) is 38.8 Å². The van der Waals surface area contributed by atoms with Crippen LogP contribution in [0.15, 0.2) is 128 Å². The van der Waals surface area contributed by atoms with E-state index in [1.54, 1.807) is 6.07 Å². The summed E-state index contributed by atoms with van der Waals surface area (Å²) in [5, 5.41) is 1.25. The molecule has 0 N–H and O–H groups in total. The molecule has 0 aliphatic carbocycles. The molecule has 1 aliphatic rings. The first kappa shape index (κ1) is 45.6. The van der Waals surface area contributed by atoms with E-state index in [1.807, 2.05) is 53.2 Å². The smallest absolute Gasteiger partial charge is 0.509 e. The number of hydrogen-bond acceptors (Lipinski definition) is 2. The number of benzene rings is 6. The predicted molar refractivity (Wildman–Crippen MR) is 264 cm³/mol. The van der Waals surface area contributed by atoms with Crippen LogP contribution in [0.2, 0.25) is 0 Å². The summed E-state index contributed by atoms with van der Waals surface area (Å²) in [7, 11) is 0. The number of fused-ring (bicyclic) bond motifs is 4. The molecule has 9 rings (SSSR count). The van der Waals surface area contributed by atoms with E-state index in [-0.39, 0.29) is 48.5 Å². The van der Waals surface area contributed by atoms with Gasteiger partial charge in [-0.25, -0.2) is 9.37 Å². The molecular formula is C58H57FN4OPt+2. The van der Waals surface area contributed by atoms with Crippen LogP contribution in [0, 0.1) is 17.9 Å². The number of halogens is 1. The summed E-state index contributed by atoms with van der Waals surface area (Å²) in [5.74, 6) is 1.38. The third-order valence-corrected chi connectivity index (χ3v) is 12.3. The summed E-state index contributed by atoms with van der Waals surface area (Å²) in [6, 6.07) is 52.2. The summed E-state index contributed by atoms with van der Waals surface area (Å²) in [5.41, 5.74) is 12.1. The van der Waals surface area contributed by atoms with Crippen LogP contribution in [0.1, 0.15) is 105 Å². The minimum atomic E-state index is -0.298. The van der Waals surface area contributed by atoms with Crippen molar-refractivity contribution < 1.29 is 30.2 Å². The molecular weight excluding hydrogens is 983 g/mol. The van der Waals surface area contributed by atoms with Crippen molar-refractivity contribution in [3.63, 3.8) is 0 Å². The Labute approximate surface area is 398 Å². The molecule has 1 aliphatic heterocycles. The van der Waals surface area contributed by atoms with Gasteiger partial charge in [0, 0.05) is 41.4 Å². The van der Waals surface area contributed by atoms with Crippen molar-refractivity contribution in [1.29, 1.82) is 0 Å². The molecule has 5 nitrogen and oxygen atoms in total. The summed E-state index contributed by atoms with van der Waals surface area (Å²) in [4.78, 5) is 4.77. The molecule has 2 aromatic heterocycles. The summed E-state index contributed by atoms with van der Waals surface area (Å²) < 4.78 is 28.5. The molecule has 65 heavy (non-hydrogen) atoms. The van der Waals surface area contributed by atoms with E-state index in [0.717, 1.165) is 44.8 Å². The van der Waals surface area contributed by atoms with Crippen LogP contribution in [-0.4, -0.2) is 15.6 Å². The molecule has 3 heterocycles. The van der Waals surface area contributed by atoms with Crippen molar-refractivity contribution in [3.8, 4) is 28.4 Å². The Morgan fingerprint density at radius 3 is 1.92 bits per heavy atom. The van der Waals surface area contributed by atoms with E-state index in [2.05, 4.69) is 177 Å². The van der Waals surface area contributed by atoms with Gasteiger partial charge in [-0.1, -0.05) is 153 Å². The Morgan fingerprint density at radius 1 is 0.600 bits per heavy atom. The molecule has 8 aromatic rings. The van der Waals surface area contributed by atoms with Crippen molar-refractivity contribution in [3.05, 3.63) is 168 Å². The molecule has 0 saturated heterocycles. The second-order valence-electron chi connectivity index (χ2n) is 21.3. The Hall–Kier alpha value is -5.93. The second kappa shape index (κ2) is 16.5. The second-order valence-corrected chi connectivity index (χ2v) is 21.3. The molecule has 0 radical (unpaired) electrons. The Bertz CT molecular complexity index is 3200. The first-order chi connectivity index (χ1) is 30.1. The van der Waals surface area contributed by atoms with Crippen LogP contribution in [0.5, 0.6) is 11.5 Å². The maximum absolute atomic E-state index is 15.6. The van der Waals surface area contributed by atoms with E-state index in [1.165, 1.54) is 22.8 Å².